The number of nitrogen functional groups attached to an aromatic ring is 1. The van der Waals surface area contributed by atoms with E-state index in [9.17, 15) is 4.79 Å². The minimum absolute atomic E-state index is 0.000800. The Kier molecular flexibility index (Phi) is 4.94. The number of anilines is 2. The van der Waals surface area contributed by atoms with Crippen molar-refractivity contribution in [1.82, 2.24) is 29.3 Å². The van der Waals surface area contributed by atoms with Gasteiger partial charge in [0.25, 0.3) is 0 Å². The highest BCUT2D eigenvalue weighted by molar-refractivity contribution is 5.92. The number of benzene rings is 1. The molecule has 170 valence electrons. The van der Waals surface area contributed by atoms with Crippen LogP contribution in [-0.4, -0.2) is 35.2 Å². The zero-order valence-corrected chi connectivity index (χ0v) is 18.5. The second-order valence-electron chi connectivity index (χ2n) is 8.75. The molecule has 9 heteroatoms. The lowest BCUT2D eigenvalue weighted by molar-refractivity contribution is -0.120. The summed E-state index contributed by atoms with van der Waals surface area (Å²) in [5, 5.41) is 4.00. The number of nitrogens with zero attached hydrogens (tertiary/aromatic N) is 5. The molecule has 0 radical (unpaired) electrons. The summed E-state index contributed by atoms with van der Waals surface area (Å²) in [6.45, 7) is 0. The van der Waals surface area contributed by atoms with Crippen molar-refractivity contribution in [3.05, 3.63) is 67.1 Å². The normalized spacial score (nSPS) is 18.4. The second kappa shape index (κ2) is 8.26. The van der Waals surface area contributed by atoms with Crippen molar-refractivity contribution in [2.75, 3.05) is 11.1 Å². The van der Waals surface area contributed by atoms with Crippen molar-refractivity contribution in [2.24, 2.45) is 5.92 Å². The van der Waals surface area contributed by atoms with Gasteiger partial charge in [0.1, 0.15) is 22.9 Å². The molecule has 6 rings (SSSR count). The van der Waals surface area contributed by atoms with Gasteiger partial charge >= 0.3 is 0 Å². The van der Waals surface area contributed by atoms with Crippen LogP contribution in [0.1, 0.15) is 37.4 Å². The van der Waals surface area contributed by atoms with Crippen LogP contribution in [0.5, 0.6) is 0 Å². The molecule has 1 fully saturated rings. The minimum atomic E-state index is -0.0515. The predicted molar refractivity (Wildman–Crippen MR) is 130 cm³/mol. The van der Waals surface area contributed by atoms with E-state index < -0.39 is 0 Å². The number of H-pyrrole nitrogens is 1. The summed E-state index contributed by atoms with van der Waals surface area (Å²) in [6, 6.07) is 10.2. The van der Waals surface area contributed by atoms with E-state index in [2.05, 4.69) is 41.8 Å². The van der Waals surface area contributed by atoms with Gasteiger partial charge in [0.2, 0.25) is 5.91 Å². The lowest BCUT2D eigenvalue weighted by Crippen LogP contribution is -2.27. The van der Waals surface area contributed by atoms with Gasteiger partial charge in [-0.05, 0) is 37.8 Å². The zero-order valence-electron chi connectivity index (χ0n) is 18.5. The standard InChI is InChI=1S/C25H24N8O/c26-23-22-21(19-13-17-3-1-2-4-18(17)30-19)32-24(33(22)12-11-29-23)15-5-7-16(8-6-15)25(34)31-20-14-27-9-10-28-20/h1-4,9-16,30H,5-8H2,(H2,26,29)(H,28,31,34). The molecule has 0 unspecified atom stereocenters. The Balaban J connectivity index is 1.28. The van der Waals surface area contributed by atoms with Crippen molar-refractivity contribution in [1.29, 1.82) is 0 Å². The highest BCUT2D eigenvalue weighted by Crippen LogP contribution is 2.39. The number of fused-ring (bicyclic) bond motifs is 2. The molecule has 0 saturated heterocycles. The average molecular weight is 453 g/mol. The molecule has 0 spiro atoms. The summed E-state index contributed by atoms with van der Waals surface area (Å²) in [5.41, 5.74) is 9.90. The minimum Gasteiger partial charge on any atom is -0.382 e. The molecule has 4 aromatic heterocycles. The smallest absolute Gasteiger partial charge is 0.228 e. The molecular formula is C25H24N8O. The molecule has 1 saturated carbocycles. The van der Waals surface area contributed by atoms with Crippen molar-refractivity contribution in [2.45, 2.75) is 31.6 Å². The van der Waals surface area contributed by atoms with Gasteiger partial charge in [-0.2, -0.15) is 0 Å². The molecule has 0 bridgehead atoms. The number of rotatable bonds is 4. The number of carbonyl (C=O) groups is 1. The Morgan fingerprint density at radius 2 is 1.94 bits per heavy atom. The number of aromatic nitrogens is 6. The van der Waals surface area contributed by atoms with Gasteiger partial charge in [-0.3, -0.25) is 14.2 Å². The van der Waals surface area contributed by atoms with E-state index in [-0.39, 0.29) is 17.7 Å². The summed E-state index contributed by atoms with van der Waals surface area (Å²) in [5.74, 6) is 2.08. The molecule has 1 aliphatic carbocycles. The fourth-order valence-corrected chi connectivity index (χ4v) is 4.97. The third kappa shape index (κ3) is 3.55. The maximum atomic E-state index is 12.7. The monoisotopic (exact) mass is 452 g/mol. The maximum Gasteiger partial charge on any atom is 0.228 e. The van der Waals surface area contributed by atoms with E-state index in [1.165, 1.54) is 0 Å². The first-order chi connectivity index (χ1) is 16.7. The second-order valence-corrected chi connectivity index (χ2v) is 8.75. The van der Waals surface area contributed by atoms with Crippen LogP contribution in [0.15, 0.2) is 61.3 Å². The molecule has 34 heavy (non-hydrogen) atoms. The van der Waals surface area contributed by atoms with E-state index in [0.717, 1.165) is 59.3 Å². The number of carbonyl (C=O) groups excluding carboxylic acids is 1. The number of nitrogens with one attached hydrogen (secondary N) is 2. The molecule has 5 aromatic rings. The maximum absolute atomic E-state index is 12.7. The summed E-state index contributed by atoms with van der Waals surface area (Å²) < 4.78 is 2.06. The van der Waals surface area contributed by atoms with E-state index in [1.54, 1.807) is 24.8 Å². The molecule has 1 amide bonds. The van der Waals surface area contributed by atoms with Crippen LogP contribution in [0.25, 0.3) is 27.8 Å². The van der Waals surface area contributed by atoms with E-state index >= 15 is 0 Å². The topological polar surface area (TPSA) is 127 Å². The van der Waals surface area contributed by atoms with E-state index in [4.69, 9.17) is 10.7 Å². The van der Waals surface area contributed by atoms with Crippen LogP contribution >= 0.6 is 0 Å². The summed E-state index contributed by atoms with van der Waals surface area (Å²) in [6.07, 6.45) is 11.7. The number of hydrogen-bond donors (Lipinski definition) is 3. The Morgan fingerprint density at radius 3 is 2.74 bits per heavy atom. The fraction of sp³-hybridized carbons (Fsp3) is 0.240. The SMILES string of the molecule is Nc1nccn2c(C3CCC(C(=O)Nc4cnccn4)CC3)nc(-c3cc4ccccc4[nH]3)c12. The molecule has 1 aliphatic rings. The molecule has 0 aliphatic heterocycles. The average Bonchev–Trinajstić information content (AvgIpc) is 3.47. The third-order valence-corrected chi connectivity index (χ3v) is 6.67. The van der Waals surface area contributed by atoms with Crippen molar-refractivity contribution in [3.63, 3.8) is 0 Å². The first-order valence-electron chi connectivity index (χ1n) is 11.4. The first-order valence-corrected chi connectivity index (χ1v) is 11.4. The van der Waals surface area contributed by atoms with Gasteiger partial charge in [0.05, 0.1) is 11.9 Å². The van der Waals surface area contributed by atoms with Crippen molar-refractivity contribution >= 4 is 34.0 Å². The summed E-state index contributed by atoms with van der Waals surface area (Å²) >= 11 is 0. The molecular weight excluding hydrogens is 428 g/mol. The quantitative estimate of drug-likeness (QED) is 0.376. The van der Waals surface area contributed by atoms with E-state index in [0.29, 0.717) is 11.6 Å². The van der Waals surface area contributed by atoms with Gasteiger partial charge in [-0.1, -0.05) is 18.2 Å². The van der Waals surface area contributed by atoms with Crippen LogP contribution in [-0.2, 0) is 4.79 Å². The first kappa shape index (κ1) is 20.3. The van der Waals surface area contributed by atoms with Gasteiger partial charge in [-0.25, -0.2) is 15.0 Å². The zero-order chi connectivity index (χ0) is 23.1. The van der Waals surface area contributed by atoms with E-state index in [1.807, 2.05) is 24.4 Å². The van der Waals surface area contributed by atoms with Crippen LogP contribution in [0.4, 0.5) is 11.6 Å². The highest BCUT2D eigenvalue weighted by Gasteiger charge is 2.31. The van der Waals surface area contributed by atoms with Gasteiger partial charge in [0, 0.05) is 47.5 Å². The Bertz CT molecular complexity index is 1450. The molecule has 4 heterocycles. The van der Waals surface area contributed by atoms with Crippen LogP contribution in [0, 0.1) is 5.92 Å². The Hall–Kier alpha value is -4.27. The number of aromatic amines is 1. The van der Waals surface area contributed by atoms with Gasteiger partial charge in [-0.15, -0.1) is 0 Å². The van der Waals surface area contributed by atoms with Crippen LogP contribution in [0.2, 0.25) is 0 Å². The highest BCUT2D eigenvalue weighted by atomic mass is 16.1. The summed E-state index contributed by atoms with van der Waals surface area (Å²) in [7, 11) is 0. The largest absolute Gasteiger partial charge is 0.382 e. The van der Waals surface area contributed by atoms with Crippen molar-refractivity contribution in [3.8, 4) is 11.4 Å². The fourth-order valence-electron chi connectivity index (χ4n) is 4.97. The lowest BCUT2D eigenvalue weighted by atomic mass is 9.81. The van der Waals surface area contributed by atoms with Crippen LogP contribution < -0.4 is 11.1 Å². The number of nitrogens with two attached hydrogens (primary N) is 1. The molecule has 4 N–H and O–H groups in total. The Labute approximate surface area is 195 Å². The Morgan fingerprint density at radius 1 is 1.09 bits per heavy atom. The number of para-hydroxylation sites is 1. The molecule has 9 nitrogen and oxygen atoms in total. The lowest BCUT2D eigenvalue weighted by Gasteiger charge is -2.27. The van der Waals surface area contributed by atoms with Gasteiger partial charge in [0.15, 0.2) is 5.82 Å². The molecule has 0 atom stereocenters. The number of hydrogen-bond acceptors (Lipinski definition) is 6. The summed E-state index contributed by atoms with van der Waals surface area (Å²) in [4.78, 5) is 33.7. The number of imidazole rings is 1. The number of amides is 1. The van der Waals surface area contributed by atoms with Crippen LogP contribution in [0.3, 0.4) is 0 Å². The van der Waals surface area contributed by atoms with Crippen molar-refractivity contribution < 1.29 is 4.79 Å². The van der Waals surface area contributed by atoms with Gasteiger partial charge < -0.3 is 16.0 Å². The third-order valence-electron chi connectivity index (χ3n) is 6.67. The molecule has 1 aromatic carbocycles. The predicted octanol–water partition coefficient (Wildman–Crippen LogP) is 4.16.